The number of nitrogens with zero attached hydrogens (tertiary/aromatic N) is 2. The summed E-state index contributed by atoms with van der Waals surface area (Å²) >= 11 is 2.04. The van der Waals surface area contributed by atoms with Crippen molar-refractivity contribution in [1.82, 2.24) is 0 Å². The summed E-state index contributed by atoms with van der Waals surface area (Å²) in [5.41, 5.74) is 19.3. The van der Waals surface area contributed by atoms with Crippen molar-refractivity contribution in [3.8, 4) is 0 Å². The van der Waals surface area contributed by atoms with Crippen molar-refractivity contribution in [3.05, 3.63) is 124 Å². The second-order valence-corrected chi connectivity index (χ2v) is 23.0. The third-order valence-electron chi connectivity index (χ3n) is 13.6. The topological polar surface area (TPSA) is 6.48 Å². The Bertz CT molecular complexity index is 2600. The Morgan fingerprint density at radius 2 is 1.12 bits per heavy atom. The molecule has 9 rings (SSSR count). The first-order valence-corrected chi connectivity index (χ1v) is 22.1. The van der Waals surface area contributed by atoms with Crippen LogP contribution in [0.3, 0.4) is 0 Å². The average Bonchev–Trinajstić information content (AvgIpc) is 3.50. The van der Waals surface area contributed by atoms with Crippen LogP contribution < -0.4 is 25.5 Å². The zero-order chi connectivity index (χ0) is 40.8. The molecule has 0 saturated heterocycles. The van der Waals surface area contributed by atoms with Gasteiger partial charge in [-0.05, 0) is 146 Å². The number of thiophene rings is 1. The van der Waals surface area contributed by atoms with Crippen LogP contribution in [-0.4, -0.2) is 6.71 Å². The third-order valence-corrected chi connectivity index (χ3v) is 14.8. The van der Waals surface area contributed by atoms with Crippen LogP contribution in [0.1, 0.15) is 136 Å². The van der Waals surface area contributed by atoms with E-state index < -0.39 is 0 Å². The van der Waals surface area contributed by atoms with Crippen LogP contribution in [0.4, 0.5) is 34.1 Å². The highest BCUT2D eigenvalue weighted by Crippen LogP contribution is 2.53. The molecule has 1 aliphatic carbocycles. The SMILES string of the molecule is Cc1cc2c3c(c1)N(c1ccc(C(C)(C)C)cc1)c1c(sc4cc5c(cc14)C(C)(C)CCC5(C)C)B3c1ccc(C(C)(C)C)cc1N2c1cccc(C(C)(C)C)c1. The van der Waals surface area contributed by atoms with Gasteiger partial charge in [0.05, 0.1) is 5.69 Å². The number of aryl methyl sites for hydroxylation is 1. The highest BCUT2D eigenvalue weighted by Gasteiger charge is 2.47. The smallest absolute Gasteiger partial charge is 0.264 e. The molecule has 292 valence electrons. The minimum Gasteiger partial charge on any atom is -0.311 e. The second-order valence-electron chi connectivity index (χ2n) is 21.9. The van der Waals surface area contributed by atoms with Gasteiger partial charge in [-0.15, -0.1) is 11.3 Å². The molecular weight excluding hydrogens is 707 g/mol. The maximum atomic E-state index is 2.65. The van der Waals surface area contributed by atoms with Crippen molar-refractivity contribution in [1.29, 1.82) is 0 Å². The normalized spacial score (nSPS) is 17.0. The number of anilines is 6. The molecule has 0 amide bonds. The van der Waals surface area contributed by atoms with Crippen molar-refractivity contribution in [2.45, 2.75) is 137 Å². The van der Waals surface area contributed by atoms with Gasteiger partial charge < -0.3 is 9.80 Å². The van der Waals surface area contributed by atoms with Gasteiger partial charge in [-0.3, -0.25) is 0 Å². The predicted molar refractivity (Wildman–Crippen MR) is 252 cm³/mol. The van der Waals surface area contributed by atoms with Gasteiger partial charge in [0.15, 0.2) is 0 Å². The van der Waals surface area contributed by atoms with Gasteiger partial charge in [-0.1, -0.05) is 126 Å². The van der Waals surface area contributed by atoms with Crippen LogP contribution >= 0.6 is 11.3 Å². The first kappa shape index (κ1) is 38.3. The van der Waals surface area contributed by atoms with E-state index in [0.29, 0.717) is 0 Å². The van der Waals surface area contributed by atoms with Crippen LogP contribution in [-0.2, 0) is 27.1 Å². The number of hydrogen-bond donors (Lipinski definition) is 0. The Morgan fingerprint density at radius 1 is 0.561 bits per heavy atom. The Labute approximate surface area is 347 Å². The van der Waals surface area contributed by atoms with Crippen LogP contribution in [0.15, 0.2) is 91.0 Å². The minimum absolute atomic E-state index is 0.00995. The van der Waals surface area contributed by atoms with E-state index in [-0.39, 0.29) is 33.8 Å². The molecule has 0 saturated carbocycles. The van der Waals surface area contributed by atoms with E-state index >= 15 is 0 Å². The van der Waals surface area contributed by atoms with Gasteiger partial charge in [0.25, 0.3) is 6.71 Å². The fraction of sp³-hybridized carbons (Fsp3) is 0.396. The summed E-state index contributed by atoms with van der Waals surface area (Å²) in [5, 5.41) is 1.39. The molecular formula is C53H61BN2S. The average molecular weight is 769 g/mol. The predicted octanol–water partition coefficient (Wildman–Crippen LogP) is 13.5. The van der Waals surface area contributed by atoms with E-state index in [1.54, 1.807) is 0 Å². The molecule has 5 aromatic carbocycles. The van der Waals surface area contributed by atoms with Crippen molar-refractivity contribution < 1.29 is 0 Å². The Hall–Kier alpha value is -4.28. The minimum atomic E-state index is 0.00995. The molecule has 2 aliphatic heterocycles. The molecule has 6 aromatic rings. The quantitative estimate of drug-likeness (QED) is 0.162. The molecule has 0 N–H and O–H groups in total. The largest absolute Gasteiger partial charge is 0.311 e. The maximum absolute atomic E-state index is 2.65. The molecule has 3 aliphatic rings. The molecule has 2 nitrogen and oxygen atoms in total. The van der Waals surface area contributed by atoms with E-state index in [2.05, 4.69) is 198 Å². The van der Waals surface area contributed by atoms with Gasteiger partial charge in [0.2, 0.25) is 0 Å². The first-order valence-electron chi connectivity index (χ1n) is 21.3. The fourth-order valence-electron chi connectivity index (χ4n) is 9.91. The summed E-state index contributed by atoms with van der Waals surface area (Å²) in [6, 6.07) is 36.4. The summed E-state index contributed by atoms with van der Waals surface area (Å²) in [6.07, 6.45) is 2.41. The van der Waals surface area contributed by atoms with E-state index in [1.165, 1.54) is 106 Å². The molecule has 0 bridgehead atoms. The number of hydrogen-bond acceptors (Lipinski definition) is 3. The van der Waals surface area contributed by atoms with Gasteiger partial charge >= 0.3 is 0 Å². The molecule has 3 heterocycles. The summed E-state index contributed by atoms with van der Waals surface area (Å²) in [4.78, 5) is 5.25. The van der Waals surface area contributed by atoms with E-state index in [4.69, 9.17) is 0 Å². The van der Waals surface area contributed by atoms with E-state index in [0.717, 1.165) is 0 Å². The summed E-state index contributed by atoms with van der Waals surface area (Å²) in [7, 11) is 0. The maximum Gasteiger partial charge on any atom is 0.264 e. The number of rotatable bonds is 2. The van der Waals surface area contributed by atoms with Gasteiger partial charge in [0.1, 0.15) is 0 Å². The van der Waals surface area contributed by atoms with Gasteiger partial charge in [0, 0.05) is 43.3 Å². The molecule has 0 atom stereocenters. The highest BCUT2D eigenvalue weighted by molar-refractivity contribution is 7.33. The van der Waals surface area contributed by atoms with Crippen LogP contribution in [0.5, 0.6) is 0 Å². The lowest BCUT2D eigenvalue weighted by molar-refractivity contribution is 0.332. The highest BCUT2D eigenvalue weighted by atomic mass is 32.1. The van der Waals surface area contributed by atoms with Crippen molar-refractivity contribution >= 4 is 78.0 Å². The van der Waals surface area contributed by atoms with Gasteiger partial charge in [-0.2, -0.15) is 0 Å². The van der Waals surface area contributed by atoms with Crippen molar-refractivity contribution in [2.24, 2.45) is 0 Å². The van der Waals surface area contributed by atoms with E-state index in [1.807, 2.05) is 11.3 Å². The zero-order valence-corrected chi connectivity index (χ0v) is 37.8. The Balaban J connectivity index is 1.40. The lowest BCUT2D eigenvalue weighted by Gasteiger charge is -2.44. The summed E-state index contributed by atoms with van der Waals surface area (Å²) < 4.78 is 2.85. The van der Waals surface area contributed by atoms with Crippen molar-refractivity contribution in [2.75, 3.05) is 9.80 Å². The van der Waals surface area contributed by atoms with Gasteiger partial charge in [-0.25, -0.2) is 0 Å². The first-order chi connectivity index (χ1) is 26.5. The van der Waals surface area contributed by atoms with Crippen LogP contribution in [0.2, 0.25) is 0 Å². The Morgan fingerprint density at radius 3 is 1.74 bits per heavy atom. The third kappa shape index (κ3) is 6.02. The molecule has 0 fully saturated rings. The fourth-order valence-corrected chi connectivity index (χ4v) is 11.2. The van der Waals surface area contributed by atoms with Crippen LogP contribution in [0.25, 0.3) is 10.1 Å². The number of fused-ring (bicyclic) bond motifs is 7. The molecule has 0 spiro atoms. The summed E-state index contributed by atoms with van der Waals surface area (Å²) in [6.45, 7) is 33.2. The van der Waals surface area contributed by atoms with Crippen LogP contribution in [0, 0.1) is 6.92 Å². The molecule has 4 heteroatoms. The monoisotopic (exact) mass is 768 g/mol. The number of benzene rings is 5. The molecule has 1 aromatic heterocycles. The zero-order valence-electron chi connectivity index (χ0n) is 37.0. The molecule has 57 heavy (non-hydrogen) atoms. The Kier molecular flexibility index (Phi) is 8.30. The second kappa shape index (κ2) is 12.4. The van der Waals surface area contributed by atoms with E-state index in [9.17, 15) is 0 Å². The molecule has 0 unspecified atom stereocenters. The molecule has 0 radical (unpaired) electrons. The summed E-state index contributed by atoms with van der Waals surface area (Å²) in [5.74, 6) is 0. The standard InChI is InChI=1S/C53H61BN2S/c1-32-26-43-46-44(27-32)56(36-21-18-33(19-22-36)49(2,3)4)47-38-30-39-40(53(13,14)25-24-52(39,11)12)31-45(38)57-48(47)54(46)41-23-20-35(51(8,9)10)29-42(41)55(43)37-17-15-16-34(28-37)50(5,6)7/h15-23,26-31H,24-25H2,1-14H3. The lowest BCUT2D eigenvalue weighted by atomic mass is 9.36. The van der Waals surface area contributed by atoms with Crippen molar-refractivity contribution in [3.63, 3.8) is 0 Å². The lowest BCUT2D eigenvalue weighted by Crippen LogP contribution is -2.60.